The SMILES string of the molecule is CCN(CC)c1nc(-c2cccc(Br)c2)c(C#N)c(N)c1C#N. The number of nitriles is 2. The second-order valence-corrected chi connectivity index (χ2v) is 5.77. The number of hydrogen-bond donors (Lipinski definition) is 1. The van der Waals surface area contributed by atoms with E-state index in [4.69, 9.17) is 5.73 Å². The molecule has 0 fully saturated rings. The molecule has 0 aliphatic carbocycles. The third kappa shape index (κ3) is 3.13. The Bertz CT molecular complexity index is 813. The van der Waals surface area contributed by atoms with Gasteiger partial charge < -0.3 is 10.6 Å². The molecule has 0 radical (unpaired) electrons. The van der Waals surface area contributed by atoms with Crippen molar-refractivity contribution < 1.29 is 0 Å². The maximum atomic E-state index is 9.49. The lowest BCUT2D eigenvalue weighted by atomic mass is 10.0. The van der Waals surface area contributed by atoms with Crippen molar-refractivity contribution in [2.75, 3.05) is 23.7 Å². The number of nitrogens with zero attached hydrogens (tertiary/aromatic N) is 4. The first kappa shape index (κ1) is 16.8. The van der Waals surface area contributed by atoms with Crippen LogP contribution < -0.4 is 10.6 Å². The number of hydrogen-bond acceptors (Lipinski definition) is 5. The van der Waals surface area contributed by atoms with E-state index >= 15 is 0 Å². The molecule has 0 spiro atoms. The summed E-state index contributed by atoms with van der Waals surface area (Å²) >= 11 is 3.42. The Morgan fingerprint density at radius 2 is 1.83 bits per heavy atom. The highest BCUT2D eigenvalue weighted by Crippen LogP contribution is 2.34. The van der Waals surface area contributed by atoms with Crippen LogP contribution in [0.3, 0.4) is 0 Å². The normalized spacial score (nSPS) is 9.96. The second-order valence-electron chi connectivity index (χ2n) is 4.85. The monoisotopic (exact) mass is 369 g/mol. The average molecular weight is 370 g/mol. The molecule has 1 aromatic carbocycles. The van der Waals surface area contributed by atoms with Crippen LogP contribution in [0.1, 0.15) is 25.0 Å². The van der Waals surface area contributed by atoms with E-state index in [1.54, 1.807) is 0 Å². The minimum Gasteiger partial charge on any atom is -0.396 e. The van der Waals surface area contributed by atoms with Crippen molar-refractivity contribution in [3.05, 3.63) is 39.9 Å². The van der Waals surface area contributed by atoms with E-state index in [0.29, 0.717) is 24.6 Å². The molecular formula is C17H16BrN5. The van der Waals surface area contributed by atoms with Gasteiger partial charge in [0.25, 0.3) is 0 Å². The van der Waals surface area contributed by atoms with Gasteiger partial charge in [-0.2, -0.15) is 10.5 Å². The van der Waals surface area contributed by atoms with E-state index in [1.165, 1.54) is 0 Å². The van der Waals surface area contributed by atoms with E-state index in [0.717, 1.165) is 10.0 Å². The van der Waals surface area contributed by atoms with Crippen LogP contribution in [0.2, 0.25) is 0 Å². The van der Waals surface area contributed by atoms with Crippen LogP contribution >= 0.6 is 15.9 Å². The Kier molecular flexibility index (Phi) is 5.20. The van der Waals surface area contributed by atoms with Gasteiger partial charge >= 0.3 is 0 Å². The summed E-state index contributed by atoms with van der Waals surface area (Å²) < 4.78 is 0.882. The first-order valence-corrected chi connectivity index (χ1v) is 8.01. The van der Waals surface area contributed by atoms with Gasteiger partial charge in [0.2, 0.25) is 0 Å². The van der Waals surface area contributed by atoms with Crippen molar-refractivity contribution in [2.45, 2.75) is 13.8 Å². The minimum atomic E-state index is 0.182. The van der Waals surface area contributed by atoms with Gasteiger partial charge in [0.05, 0.1) is 11.4 Å². The van der Waals surface area contributed by atoms with Gasteiger partial charge in [-0.15, -0.1) is 0 Å². The lowest BCUT2D eigenvalue weighted by Crippen LogP contribution is -2.25. The highest BCUT2D eigenvalue weighted by Gasteiger charge is 2.21. The summed E-state index contributed by atoms with van der Waals surface area (Å²) in [7, 11) is 0. The summed E-state index contributed by atoms with van der Waals surface area (Å²) in [4.78, 5) is 6.56. The lowest BCUT2D eigenvalue weighted by molar-refractivity contribution is 0.845. The van der Waals surface area contributed by atoms with Gasteiger partial charge in [-0.1, -0.05) is 28.1 Å². The quantitative estimate of drug-likeness (QED) is 0.887. The Balaban J connectivity index is 2.82. The van der Waals surface area contributed by atoms with Crippen LogP contribution in [0, 0.1) is 22.7 Å². The molecule has 0 aliphatic heterocycles. The molecule has 6 heteroatoms. The van der Waals surface area contributed by atoms with Crippen LogP contribution in [0.4, 0.5) is 11.5 Å². The molecule has 0 bridgehead atoms. The van der Waals surface area contributed by atoms with E-state index in [1.807, 2.05) is 43.0 Å². The standard InChI is InChI=1S/C17H16BrN5/c1-3-23(4-2)17-14(10-20)15(21)13(9-19)16(22-17)11-6-5-7-12(18)8-11/h5-8H,3-4H2,1-2H3,(H2,21,22). The minimum absolute atomic E-state index is 0.182. The molecule has 2 aromatic rings. The van der Waals surface area contributed by atoms with Crippen molar-refractivity contribution in [2.24, 2.45) is 0 Å². The molecule has 0 atom stereocenters. The molecule has 23 heavy (non-hydrogen) atoms. The number of nitrogen functional groups attached to an aromatic ring is 1. The Morgan fingerprint density at radius 1 is 1.17 bits per heavy atom. The summed E-state index contributed by atoms with van der Waals surface area (Å²) in [6, 6.07) is 11.7. The molecule has 2 N–H and O–H groups in total. The molecule has 2 rings (SSSR count). The average Bonchev–Trinajstić information content (AvgIpc) is 2.55. The summed E-state index contributed by atoms with van der Waals surface area (Å²) in [5.74, 6) is 0.518. The molecule has 1 heterocycles. The number of pyridine rings is 1. The number of rotatable bonds is 4. The van der Waals surface area contributed by atoms with E-state index in [2.05, 4.69) is 33.1 Å². The first-order chi connectivity index (χ1) is 11.1. The largest absolute Gasteiger partial charge is 0.396 e. The maximum absolute atomic E-state index is 9.49. The Hall–Kier alpha value is -2.57. The molecule has 0 amide bonds. The van der Waals surface area contributed by atoms with Crippen molar-refractivity contribution >= 4 is 27.4 Å². The highest BCUT2D eigenvalue weighted by molar-refractivity contribution is 9.10. The number of anilines is 2. The summed E-state index contributed by atoms with van der Waals surface area (Å²) in [5, 5.41) is 18.9. The van der Waals surface area contributed by atoms with Crippen molar-refractivity contribution in [3.63, 3.8) is 0 Å². The zero-order valence-electron chi connectivity index (χ0n) is 13.0. The first-order valence-electron chi connectivity index (χ1n) is 7.21. The van der Waals surface area contributed by atoms with E-state index in [9.17, 15) is 10.5 Å². The van der Waals surface area contributed by atoms with Crippen LogP contribution in [-0.4, -0.2) is 18.1 Å². The molecule has 5 nitrogen and oxygen atoms in total. The third-order valence-corrected chi connectivity index (χ3v) is 4.09. The number of nitrogens with two attached hydrogens (primary N) is 1. The molecular weight excluding hydrogens is 354 g/mol. The van der Waals surface area contributed by atoms with Crippen LogP contribution in [-0.2, 0) is 0 Å². The third-order valence-electron chi connectivity index (χ3n) is 3.60. The van der Waals surface area contributed by atoms with Gasteiger partial charge in [0.15, 0.2) is 0 Å². The second kappa shape index (κ2) is 7.13. The lowest BCUT2D eigenvalue weighted by Gasteiger charge is -2.23. The number of benzene rings is 1. The van der Waals surface area contributed by atoms with Crippen LogP contribution in [0.5, 0.6) is 0 Å². The van der Waals surface area contributed by atoms with Gasteiger partial charge in [0, 0.05) is 23.1 Å². The molecule has 0 unspecified atom stereocenters. The molecule has 0 saturated carbocycles. The fourth-order valence-corrected chi connectivity index (χ4v) is 2.81. The van der Waals surface area contributed by atoms with Gasteiger partial charge in [-0.25, -0.2) is 4.98 Å². The molecule has 116 valence electrons. The van der Waals surface area contributed by atoms with E-state index in [-0.39, 0.29) is 16.8 Å². The van der Waals surface area contributed by atoms with Crippen molar-refractivity contribution in [3.8, 4) is 23.4 Å². The summed E-state index contributed by atoms with van der Waals surface area (Å²) in [6.07, 6.45) is 0. The van der Waals surface area contributed by atoms with Crippen LogP contribution in [0.25, 0.3) is 11.3 Å². The van der Waals surface area contributed by atoms with Crippen LogP contribution in [0.15, 0.2) is 28.7 Å². The van der Waals surface area contributed by atoms with E-state index < -0.39 is 0 Å². The predicted molar refractivity (Wildman–Crippen MR) is 94.8 cm³/mol. The van der Waals surface area contributed by atoms with Gasteiger partial charge in [-0.3, -0.25) is 0 Å². The maximum Gasteiger partial charge on any atom is 0.149 e. The number of aromatic nitrogens is 1. The Labute approximate surface area is 144 Å². The summed E-state index contributed by atoms with van der Waals surface area (Å²) in [6.45, 7) is 5.36. The topological polar surface area (TPSA) is 89.7 Å². The zero-order chi connectivity index (χ0) is 17.0. The number of halogens is 1. The fourth-order valence-electron chi connectivity index (χ4n) is 2.41. The fraction of sp³-hybridized carbons (Fsp3) is 0.235. The Morgan fingerprint density at radius 3 is 2.35 bits per heavy atom. The van der Waals surface area contributed by atoms with Gasteiger partial charge in [-0.05, 0) is 26.0 Å². The van der Waals surface area contributed by atoms with Crippen molar-refractivity contribution in [1.82, 2.24) is 4.98 Å². The van der Waals surface area contributed by atoms with Gasteiger partial charge in [0.1, 0.15) is 29.1 Å². The zero-order valence-corrected chi connectivity index (χ0v) is 14.6. The smallest absolute Gasteiger partial charge is 0.149 e. The summed E-state index contributed by atoms with van der Waals surface area (Å²) in [5.41, 5.74) is 8.04. The molecule has 0 aliphatic rings. The molecule has 0 saturated heterocycles. The molecule has 1 aromatic heterocycles. The highest BCUT2D eigenvalue weighted by atomic mass is 79.9. The van der Waals surface area contributed by atoms with Crippen molar-refractivity contribution in [1.29, 1.82) is 10.5 Å². The predicted octanol–water partition coefficient (Wildman–Crippen LogP) is 3.68.